The van der Waals surface area contributed by atoms with Gasteiger partial charge < -0.3 is 10.1 Å². The maximum Gasteiger partial charge on any atom is 0.0896 e. The van der Waals surface area contributed by atoms with E-state index in [-0.39, 0.29) is 6.10 Å². The number of nitrogens with one attached hydrogen (secondary N) is 1. The van der Waals surface area contributed by atoms with Gasteiger partial charge in [-0.2, -0.15) is 0 Å². The summed E-state index contributed by atoms with van der Waals surface area (Å²) < 4.78 is 7.07. The topological polar surface area (TPSA) is 24.5 Å². The second kappa shape index (κ2) is 6.66. The minimum Gasteiger partial charge on any atom is -0.374 e. The Morgan fingerprint density at radius 1 is 1.50 bits per heavy atom. The molecule has 1 aliphatic heterocycles. The molecule has 1 N–H and O–H groups in total. The summed E-state index contributed by atoms with van der Waals surface area (Å²) in [5, 5.41) is 3.23. The maximum absolute atomic E-state index is 5.94. The lowest BCUT2D eigenvalue weighted by Gasteiger charge is -2.41. The van der Waals surface area contributed by atoms with Gasteiger partial charge in [-0.05, 0) is 31.3 Å². The molecule has 0 aliphatic carbocycles. The fourth-order valence-corrected chi connectivity index (χ4v) is 3.05. The summed E-state index contributed by atoms with van der Waals surface area (Å²) in [7, 11) is 1.98. The van der Waals surface area contributed by atoms with Crippen LogP contribution in [0.3, 0.4) is 0 Å². The largest absolute Gasteiger partial charge is 0.374 e. The molecule has 0 radical (unpaired) electrons. The molecule has 4 heteroatoms. The average Bonchev–Trinajstić information content (AvgIpc) is 2.38. The van der Waals surface area contributed by atoms with Crippen LogP contribution in [0.25, 0.3) is 0 Å². The SMILES string of the molecule is CCN1CCOC(CNC)C1c1cccc(Br)c1. The summed E-state index contributed by atoms with van der Waals surface area (Å²) in [4.78, 5) is 2.49. The van der Waals surface area contributed by atoms with Gasteiger partial charge in [0.2, 0.25) is 0 Å². The third kappa shape index (κ3) is 3.12. The van der Waals surface area contributed by atoms with Gasteiger partial charge in [-0.1, -0.05) is 35.0 Å². The highest BCUT2D eigenvalue weighted by molar-refractivity contribution is 9.10. The van der Waals surface area contributed by atoms with Crippen LogP contribution in [-0.4, -0.2) is 44.3 Å². The summed E-state index contributed by atoms with van der Waals surface area (Å²) in [5.74, 6) is 0. The molecule has 1 aromatic rings. The number of ether oxygens (including phenoxy) is 1. The van der Waals surface area contributed by atoms with E-state index in [1.54, 1.807) is 0 Å². The van der Waals surface area contributed by atoms with E-state index < -0.39 is 0 Å². The third-order valence-corrected chi connectivity index (χ3v) is 3.95. The van der Waals surface area contributed by atoms with Crippen molar-refractivity contribution in [2.45, 2.75) is 19.1 Å². The first-order chi connectivity index (χ1) is 8.76. The Morgan fingerprint density at radius 2 is 2.33 bits per heavy atom. The third-order valence-electron chi connectivity index (χ3n) is 3.46. The van der Waals surface area contributed by atoms with Crippen LogP contribution >= 0.6 is 15.9 Å². The molecule has 3 nitrogen and oxygen atoms in total. The molecule has 1 saturated heterocycles. The minimum absolute atomic E-state index is 0.220. The van der Waals surface area contributed by atoms with Crippen LogP contribution in [-0.2, 0) is 4.74 Å². The van der Waals surface area contributed by atoms with Crippen molar-refractivity contribution in [1.82, 2.24) is 10.2 Å². The van der Waals surface area contributed by atoms with E-state index >= 15 is 0 Å². The molecule has 0 saturated carbocycles. The van der Waals surface area contributed by atoms with Crippen molar-refractivity contribution >= 4 is 15.9 Å². The number of rotatable bonds is 4. The smallest absolute Gasteiger partial charge is 0.0896 e. The van der Waals surface area contributed by atoms with Crippen LogP contribution in [0.15, 0.2) is 28.7 Å². The summed E-state index contributed by atoms with van der Waals surface area (Å²) in [6, 6.07) is 8.89. The van der Waals surface area contributed by atoms with Gasteiger partial charge >= 0.3 is 0 Å². The maximum atomic E-state index is 5.94. The first-order valence-electron chi connectivity index (χ1n) is 6.52. The molecule has 1 aliphatic rings. The van der Waals surface area contributed by atoms with Gasteiger partial charge in [-0.25, -0.2) is 0 Å². The lowest BCUT2D eigenvalue weighted by Crippen LogP contribution is -2.48. The number of morpholine rings is 1. The molecule has 0 amide bonds. The lowest BCUT2D eigenvalue weighted by molar-refractivity contribution is -0.0686. The predicted molar refractivity (Wildman–Crippen MR) is 77.8 cm³/mol. The number of hydrogen-bond donors (Lipinski definition) is 1. The zero-order chi connectivity index (χ0) is 13.0. The normalized spacial score (nSPS) is 25.3. The van der Waals surface area contributed by atoms with Gasteiger partial charge in [0.15, 0.2) is 0 Å². The number of benzene rings is 1. The quantitative estimate of drug-likeness (QED) is 0.924. The van der Waals surface area contributed by atoms with Gasteiger partial charge in [-0.15, -0.1) is 0 Å². The molecule has 18 heavy (non-hydrogen) atoms. The highest BCUT2D eigenvalue weighted by Gasteiger charge is 2.32. The Kier molecular flexibility index (Phi) is 5.18. The lowest BCUT2D eigenvalue weighted by atomic mass is 9.98. The highest BCUT2D eigenvalue weighted by atomic mass is 79.9. The van der Waals surface area contributed by atoms with E-state index in [2.05, 4.69) is 57.3 Å². The van der Waals surface area contributed by atoms with Gasteiger partial charge in [0, 0.05) is 17.6 Å². The molecule has 1 heterocycles. The molecule has 0 aromatic heterocycles. The monoisotopic (exact) mass is 312 g/mol. The van der Waals surface area contributed by atoms with Crippen molar-refractivity contribution in [3.63, 3.8) is 0 Å². The fourth-order valence-electron chi connectivity index (χ4n) is 2.63. The van der Waals surface area contributed by atoms with Crippen molar-refractivity contribution in [3.8, 4) is 0 Å². The molecular weight excluding hydrogens is 292 g/mol. The summed E-state index contributed by atoms with van der Waals surface area (Å²) in [6.45, 7) is 5.99. The predicted octanol–water partition coefficient (Wildman–Crippen LogP) is 2.43. The van der Waals surface area contributed by atoms with E-state index in [9.17, 15) is 0 Å². The van der Waals surface area contributed by atoms with Crippen LogP contribution in [0.2, 0.25) is 0 Å². The molecule has 0 spiro atoms. The Morgan fingerprint density at radius 3 is 3.00 bits per heavy atom. The summed E-state index contributed by atoms with van der Waals surface area (Å²) in [5.41, 5.74) is 1.33. The molecule has 2 unspecified atom stereocenters. The molecule has 100 valence electrons. The zero-order valence-corrected chi connectivity index (χ0v) is 12.6. The van der Waals surface area contributed by atoms with Crippen LogP contribution in [0.4, 0.5) is 0 Å². The van der Waals surface area contributed by atoms with E-state index in [4.69, 9.17) is 4.74 Å². The fraction of sp³-hybridized carbons (Fsp3) is 0.571. The van der Waals surface area contributed by atoms with E-state index in [0.717, 1.165) is 30.7 Å². The average molecular weight is 313 g/mol. The van der Waals surface area contributed by atoms with Gasteiger partial charge in [-0.3, -0.25) is 4.90 Å². The standard InChI is InChI=1S/C14H21BrN2O/c1-3-17-7-8-18-13(10-16-2)14(17)11-5-4-6-12(15)9-11/h4-6,9,13-14,16H,3,7-8,10H2,1-2H3. The van der Waals surface area contributed by atoms with E-state index in [1.165, 1.54) is 5.56 Å². The van der Waals surface area contributed by atoms with Gasteiger partial charge in [0.05, 0.1) is 18.8 Å². The zero-order valence-electron chi connectivity index (χ0n) is 11.0. The number of halogens is 1. The molecule has 2 rings (SSSR count). The van der Waals surface area contributed by atoms with Crippen molar-refractivity contribution in [3.05, 3.63) is 34.3 Å². The Labute approximate surface area is 118 Å². The first kappa shape index (κ1) is 14.0. The van der Waals surface area contributed by atoms with Crippen molar-refractivity contribution in [1.29, 1.82) is 0 Å². The molecular formula is C14H21BrN2O. The molecule has 1 fully saturated rings. The molecule has 0 bridgehead atoms. The number of likely N-dealkylation sites (N-methyl/N-ethyl adjacent to an activating group) is 2. The second-order valence-corrected chi connectivity index (χ2v) is 5.51. The second-order valence-electron chi connectivity index (χ2n) is 4.60. The van der Waals surface area contributed by atoms with Crippen LogP contribution < -0.4 is 5.32 Å². The van der Waals surface area contributed by atoms with Crippen LogP contribution in [0.1, 0.15) is 18.5 Å². The minimum atomic E-state index is 0.220. The van der Waals surface area contributed by atoms with Gasteiger partial charge in [0.25, 0.3) is 0 Å². The highest BCUT2D eigenvalue weighted by Crippen LogP contribution is 2.30. The van der Waals surface area contributed by atoms with Crippen molar-refractivity contribution in [2.75, 3.05) is 33.3 Å². The Hall–Kier alpha value is -0.420. The first-order valence-corrected chi connectivity index (χ1v) is 7.31. The van der Waals surface area contributed by atoms with E-state index in [1.807, 2.05) is 7.05 Å². The van der Waals surface area contributed by atoms with Gasteiger partial charge in [0.1, 0.15) is 0 Å². The molecule has 2 atom stereocenters. The van der Waals surface area contributed by atoms with E-state index in [0.29, 0.717) is 6.04 Å². The van der Waals surface area contributed by atoms with Crippen LogP contribution in [0, 0.1) is 0 Å². The molecule has 1 aromatic carbocycles. The van der Waals surface area contributed by atoms with Crippen molar-refractivity contribution in [2.24, 2.45) is 0 Å². The number of hydrogen-bond acceptors (Lipinski definition) is 3. The number of nitrogens with zero attached hydrogens (tertiary/aromatic N) is 1. The Bertz CT molecular complexity index is 384. The summed E-state index contributed by atoms with van der Waals surface area (Å²) >= 11 is 3.55. The summed E-state index contributed by atoms with van der Waals surface area (Å²) in [6.07, 6.45) is 0.220. The van der Waals surface area contributed by atoms with Crippen molar-refractivity contribution < 1.29 is 4.74 Å². The Balaban J connectivity index is 2.27. The van der Waals surface area contributed by atoms with Crippen LogP contribution in [0.5, 0.6) is 0 Å².